The predicted octanol–water partition coefficient (Wildman–Crippen LogP) is 4.66. The molecule has 1 heterocycles. The number of aryl methyl sites for hydroxylation is 1. The van der Waals surface area contributed by atoms with Crippen LogP contribution in [0.3, 0.4) is 0 Å². The van der Waals surface area contributed by atoms with Crippen molar-refractivity contribution < 1.29 is 37.9 Å². The van der Waals surface area contributed by atoms with Crippen LogP contribution in [0.2, 0.25) is 0 Å². The first-order valence-corrected chi connectivity index (χ1v) is 14.8. The van der Waals surface area contributed by atoms with Crippen LogP contribution in [0.4, 0.5) is 19.3 Å². The van der Waals surface area contributed by atoms with Crippen molar-refractivity contribution in [2.75, 3.05) is 11.9 Å². The van der Waals surface area contributed by atoms with Gasteiger partial charge in [-0.1, -0.05) is 58.2 Å². The van der Waals surface area contributed by atoms with Crippen LogP contribution >= 0.6 is 0 Å². The number of carboxylic acid groups (broad SMARTS) is 1. The van der Waals surface area contributed by atoms with Crippen molar-refractivity contribution in [3.8, 4) is 0 Å². The van der Waals surface area contributed by atoms with E-state index >= 15 is 0 Å². The van der Waals surface area contributed by atoms with Gasteiger partial charge in [0.25, 0.3) is 5.91 Å². The lowest BCUT2D eigenvalue weighted by molar-refractivity contribution is -0.143. The van der Waals surface area contributed by atoms with E-state index in [9.17, 15) is 37.9 Å². The minimum Gasteiger partial charge on any atom is -0.465 e. The highest BCUT2D eigenvalue weighted by molar-refractivity contribution is 6.42. The van der Waals surface area contributed by atoms with E-state index in [0.29, 0.717) is 18.2 Å². The Bertz CT molecular complexity index is 1220. The smallest absolute Gasteiger partial charge is 0.405 e. The third-order valence-electron chi connectivity index (χ3n) is 8.51. The van der Waals surface area contributed by atoms with Crippen LogP contribution < -0.4 is 16.0 Å². The number of hydrogen-bond acceptors (Lipinski definition) is 5. The van der Waals surface area contributed by atoms with Crippen LogP contribution in [0.1, 0.15) is 84.6 Å². The molecule has 4 amide bonds. The van der Waals surface area contributed by atoms with Crippen LogP contribution in [0.25, 0.3) is 0 Å². The van der Waals surface area contributed by atoms with E-state index in [0.717, 1.165) is 32.1 Å². The molecule has 238 valence electrons. The van der Waals surface area contributed by atoms with Gasteiger partial charge in [-0.15, -0.1) is 0 Å². The van der Waals surface area contributed by atoms with Gasteiger partial charge in [0, 0.05) is 18.7 Å². The number of ketones is 1. The van der Waals surface area contributed by atoms with E-state index in [4.69, 9.17) is 0 Å². The second kappa shape index (κ2) is 13.4. The Morgan fingerprint density at radius 1 is 1.02 bits per heavy atom. The normalized spacial score (nSPS) is 19.8. The Balaban J connectivity index is 1.90. The molecular formula is C31H44F2N4O6. The van der Waals surface area contributed by atoms with Gasteiger partial charge in [-0.2, -0.15) is 0 Å². The molecule has 10 nitrogen and oxygen atoms in total. The number of amides is 4. The van der Waals surface area contributed by atoms with Crippen LogP contribution in [0.15, 0.2) is 24.3 Å². The molecule has 4 N–H and O–H groups in total. The molecule has 3 unspecified atom stereocenters. The van der Waals surface area contributed by atoms with E-state index in [2.05, 4.69) is 16.0 Å². The number of nitrogens with one attached hydrogen (secondary N) is 3. The lowest BCUT2D eigenvalue weighted by atomic mass is 9.72. The number of benzene rings is 1. The number of Topliss-reactive ketones (excluding diaryl/α,β-unsaturated/α-hetero) is 1. The second-order valence-corrected chi connectivity index (χ2v) is 13.3. The van der Waals surface area contributed by atoms with Gasteiger partial charge in [-0.3, -0.25) is 19.2 Å². The highest BCUT2D eigenvalue weighted by Gasteiger charge is 2.51. The monoisotopic (exact) mass is 606 g/mol. The van der Waals surface area contributed by atoms with Gasteiger partial charge < -0.3 is 26.0 Å². The number of anilines is 1. The molecule has 1 aromatic rings. The molecule has 12 heteroatoms. The van der Waals surface area contributed by atoms with Crippen LogP contribution in [0, 0.1) is 17.8 Å². The molecule has 1 saturated heterocycles. The molecule has 1 aromatic carbocycles. The largest absolute Gasteiger partial charge is 0.465 e. The van der Waals surface area contributed by atoms with Gasteiger partial charge in [-0.25, -0.2) is 13.6 Å². The second-order valence-electron chi connectivity index (χ2n) is 13.3. The molecule has 1 saturated carbocycles. The Kier molecular flexibility index (Phi) is 10.6. The minimum absolute atomic E-state index is 0.233. The van der Waals surface area contributed by atoms with Crippen LogP contribution in [0.5, 0.6) is 0 Å². The van der Waals surface area contributed by atoms with Gasteiger partial charge in [0.05, 0.1) is 6.04 Å². The summed E-state index contributed by atoms with van der Waals surface area (Å²) in [6, 6.07) is 2.96. The molecule has 0 radical (unpaired) electrons. The van der Waals surface area contributed by atoms with Crippen molar-refractivity contribution in [3.05, 3.63) is 29.8 Å². The van der Waals surface area contributed by atoms with Gasteiger partial charge in [-0.05, 0) is 62.0 Å². The van der Waals surface area contributed by atoms with Crippen molar-refractivity contribution in [1.82, 2.24) is 15.5 Å². The average molecular weight is 607 g/mol. The maximum absolute atomic E-state index is 13.9. The summed E-state index contributed by atoms with van der Waals surface area (Å²) in [4.78, 5) is 66.9. The molecule has 0 bridgehead atoms. The Morgan fingerprint density at radius 2 is 1.65 bits per heavy atom. The molecule has 2 fully saturated rings. The Morgan fingerprint density at radius 3 is 2.21 bits per heavy atom. The average Bonchev–Trinajstić information content (AvgIpc) is 3.28. The summed E-state index contributed by atoms with van der Waals surface area (Å²) < 4.78 is 27.7. The summed E-state index contributed by atoms with van der Waals surface area (Å²) >= 11 is 0. The molecule has 3 atom stereocenters. The summed E-state index contributed by atoms with van der Waals surface area (Å²) in [6.07, 6.45) is 2.05. The summed E-state index contributed by atoms with van der Waals surface area (Å²) in [5.74, 6) is -6.59. The van der Waals surface area contributed by atoms with E-state index in [-0.39, 0.29) is 18.4 Å². The summed E-state index contributed by atoms with van der Waals surface area (Å²) in [7, 11) is 0. The highest BCUT2D eigenvalue weighted by atomic mass is 19.3. The molecule has 3 rings (SSSR count). The molecule has 1 aliphatic heterocycles. The number of carbonyl (C=O) groups excluding carboxylic acids is 4. The number of halogens is 2. The molecular weight excluding hydrogens is 562 g/mol. The zero-order valence-electron chi connectivity index (χ0n) is 25.6. The first-order chi connectivity index (χ1) is 19.9. The summed E-state index contributed by atoms with van der Waals surface area (Å²) in [5.41, 5.74) is -0.125. The SMILES string of the molecule is Cc1ccccc1NC(=O)C(=O)C(CCC(C)(F)F)NC(=O)C1CC2(CCCCC2)CN1C(=O)C(NC(=O)O)C(C)(C)C. The fourth-order valence-corrected chi connectivity index (χ4v) is 6.11. The standard InChI is InChI=1S/C31H44F2N4O6/c1-19-11-7-8-12-20(19)34-26(40)23(38)21(13-16-30(5,32)33)35-25(39)22-17-31(14-9-6-10-15-31)18-37(22)27(41)24(29(2,3)4)36-28(42)43/h7-8,11-12,21-22,24,36H,6,9-10,13-18H2,1-5H3,(H,34,40)(H,35,39)(H,42,43). The van der Waals surface area contributed by atoms with E-state index in [1.807, 2.05) is 0 Å². The number of nitrogens with zero attached hydrogens (tertiary/aromatic N) is 1. The number of alkyl halides is 2. The fourth-order valence-electron chi connectivity index (χ4n) is 6.11. The van der Waals surface area contributed by atoms with E-state index in [1.54, 1.807) is 52.0 Å². The molecule has 43 heavy (non-hydrogen) atoms. The van der Waals surface area contributed by atoms with E-state index in [1.165, 1.54) is 4.90 Å². The Labute approximate surface area is 251 Å². The number of hydrogen-bond donors (Lipinski definition) is 4. The lowest BCUT2D eigenvalue weighted by Gasteiger charge is -2.36. The predicted molar refractivity (Wildman–Crippen MR) is 157 cm³/mol. The molecule has 1 aliphatic carbocycles. The van der Waals surface area contributed by atoms with Crippen molar-refractivity contribution in [2.45, 2.75) is 110 Å². The van der Waals surface area contributed by atoms with Crippen LogP contribution in [-0.2, 0) is 19.2 Å². The summed E-state index contributed by atoms with van der Waals surface area (Å²) in [5, 5.41) is 16.7. The number of carbonyl (C=O) groups is 5. The first-order valence-electron chi connectivity index (χ1n) is 14.8. The third-order valence-corrected chi connectivity index (χ3v) is 8.51. The molecule has 2 aliphatic rings. The van der Waals surface area contributed by atoms with Crippen molar-refractivity contribution in [1.29, 1.82) is 0 Å². The van der Waals surface area contributed by atoms with Gasteiger partial charge in [0.15, 0.2) is 0 Å². The van der Waals surface area contributed by atoms with Gasteiger partial charge in [0.2, 0.25) is 23.5 Å². The first kappa shape index (κ1) is 33.9. The number of likely N-dealkylation sites (tertiary alicyclic amines) is 1. The maximum Gasteiger partial charge on any atom is 0.405 e. The summed E-state index contributed by atoms with van der Waals surface area (Å²) in [6.45, 7) is 7.78. The Hall–Kier alpha value is -3.57. The van der Waals surface area contributed by atoms with E-state index < -0.39 is 71.9 Å². The van der Waals surface area contributed by atoms with Crippen LogP contribution in [-0.4, -0.2) is 70.2 Å². The van der Waals surface area contributed by atoms with Crippen molar-refractivity contribution in [3.63, 3.8) is 0 Å². The topological polar surface area (TPSA) is 145 Å². The molecule has 0 aromatic heterocycles. The zero-order valence-corrected chi connectivity index (χ0v) is 25.6. The van der Waals surface area contributed by atoms with Gasteiger partial charge >= 0.3 is 6.09 Å². The third kappa shape index (κ3) is 8.96. The number of rotatable bonds is 10. The zero-order chi connectivity index (χ0) is 32.2. The minimum atomic E-state index is -3.15. The lowest BCUT2D eigenvalue weighted by Crippen LogP contribution is -2.58. The number of para-hydroxylation sites is 1. The fraction of sp³-hybridized carbons (Fsp3) is 0.645. The van der Waals surface area contributed by atoms with Crippen molar-refractivity contribution >= 4 is 35.3 Å². The van der Waals surface area contributed by atoms with Crippen molar-refractivity contribution in [2.24, 2.45) is 10.8 Å². The quantitative estimate of drug-likeness (QED) is 0.285. The van der Waals surface area contributed by atoms with Gasteiger partial charge in [0.1, 0.15) is 12.1 Å². The highest BCUT2D eigenvalue weighted by Crippen LogP contribution is 2.47. The maximum atomic E-state index is 13.9. The molecule has 1 spiro atoms.